The van der Waals surface area contributed by atoms with E-state index >= 15 is 0 Å². The zero-order valence-electron chi connectivity index (χ0n) is 20.5. The number of carbonyl (C=O) groups is 3. The molecule has 3 unspecified atom stereocenters. The van der Waals surface area contributed by atoms with Crippen LogP contribution in [0, 0.1) is 5.41 Å². The molecule has 5 nitrogen and oxygen atoms in total. The zero-order chi connectivity index (χ0) is 26.0. The quantitative estimate of drug-likeness (QED) is 0.243. The molecule has 0 saturated carbocycles. The SMILES string of the molecule is COc1cccc(C2C(C(=O)c3cccs3)N3c4ccccc4C=CC3C23C(=O)c2ccccc2C3=O)c1. The number of anilines is 1. The number of rotatable bonds is 4. The minimum Gasteiger partial charge on any atom is -0.497 e. The van der Waals surface area contributed by atoms with Crippen molar-refractivity contribution in [1.82, 2.24) is 0 Å². The highest BCUT2D eigenvalue weighted by atomic mass is 32.1. The van der Waals surface area contributed by atoms with Crippen LogP contribution in [0.25, 0.3) is 6.08 Å². The van der Waals surface area contributed by atoms with E-state index in [1.54, 1.807) is 31.4 Å². The van der Waals surface area contributed by atoms with E-state index in [4.69, 9.17) is 4.74 Å². The first-order chi connectivity index (χ1) is 18.6. The largest absolute Gasteiger partial charge is 0.497 e. The van der Waals surface area contributed by atoms with Gasteiger partial charge in [-0.25, -0.2) is 0 Å². The first-order valence-corrected chi connectivity index (χ1v) is 13.4. The fourth-order valence-corrected chi connectivity index (χ4v) is 7.39. The number of methoxy groups -OCH3 is 1. The second-order valence-electron chi connectivity index (χ2n) is 9.88. The average Bonchev–Trinajstić information content (AvgIpc) is 3.66. The molecular formula is C32H23NO4S. The van der Waals surface area contributed by atoms with Crippen LogP contribution < -0.4 is 9.64 Å². The molecule has 3 heterocycles. The van der Waals surface area contributed by atoms with Crippen molar-refractivity contribution in [3.63, 3.8) is 0 Å². The molecule has 7 rings (SSSR count). The van der Waals surface area contributed by atoms with E-state index in [2.05, 4.69) is 0 Å². The van der Waals surface area contributed by atoms with Gasteiger partial charge < -0.3 is 9.64 Å². The number of carbonyl (C=O) groups excluding carboxylic acids is 3. The standard InChI is InChI=1S/C32H23NO4S/c1-37-21-10-6-9-20(18-21)27-28(29(34)25-14-7-17-38-25)33-24-13-5-2-8-19(24)15-16-26(33)32(27)30(35)22-11-3-4-12-23(22)31(32)36/h2-18,26-28H,1H3. The Morgan fingerprint density at radius 2 is 1.63 bits per heavy atom. The van der Waals surface area contributed by atoms with Gasteiger partial charge in [-0.2, -0.15) is 0 Å². The van der Waals surface area contributed by atoms with Gasteiger partial charge in [-0.3, -0.25) is 14.4 Å². The molecule has 3 atom stereocenters. The minimum atomic E-state index is -1.50. The maximum Gasteiger partial charge on any atom is 0.195 e. The van der Waals surface area contributed by atoms with Crippen molar-refractivity contribution < 1.29 is 19.1 Å². The van der Waals surface area contributed by atoms with Crippen molar-refractivity contribution in [2.45, 2.75) is 18.0 Å². The number of ether oxygens (including phenoxy) is 1. The van der Waals surface area contributed by atoms with E-state index in [-0.39, 0.29) is 17.3 Å². The number of ketones is 3. The Kier molecular flexibility index (Phi) is 5.03. The fourth-order valence-electron chi connectivity index (χ4n) is 6.69. The van der Waals surface area contributed by atoms with Gasteiger partial charge in [-0.1, -0.05) is 72.8 Å². The molecule has 1 spiro atoms. The smallest absolute Gasteiger partial charge is 0.195 e. The molecule has 1 aliphatic carbocycles. The summed E-state index contributed by atoms with van der Waals surface area (Å²) >= 11 is 1.37. The summed E-state index contributed by atoms with van der Waals surface area (Å²) in [5.41, 5.74) is 1.86. The van der Waals surface area contributed by atoms with Gasteiger partial charge >= 0.3 is 0 Å². The third-order valence-electron chi connectivity index (χ3n) is 8.20. The Morgan fingerprint density at radius 1 is 0.895 bits per heavy atom. The van der Waals surface area contributed by atoms with Crippen molar-refractivity contribution in [1.29, 1.82) is 0 Å². The summed E-state index contributed by atoms with van der Waals surface area (Å²) < 4.78 is 5.54. The van der Waals surface area contributed by atoms with Crippen molar-refractivity contribution in [2.75, 3.05) is 12.0 Å². The van der Waals surface area contributed by atoms with Crippen molar-refractivity contribution in [3.8, 4) is 5.75 Å². The van der Waals surface area contributed by atoms with Gasteiger partial charge in [0.25, 0.3) is 0 Å². The van der Waals surface area contributed by atoms with Gasteiger partial charge in [0.15, 0.2) is 17.3 Å². The predicted octanol–water partition coefficient (Wildman–Crippen LogP) is 6.07. The van der Waals surface area contributed by atoms with Crippen LogP contribution >= 0.6 is 11.3 Å². The third kappa shape index (κ3) is 2.89. The lowest BCUT2D eigenvalue weighted by Crippen LogP contribution is -2.48. The highest BCUT2D eigenvalue weighted by Gasteiger charge is 2.71. The van der Waals surface area contributed by atoms with Crippen LogP contribution in [0.5, 0.6) is 5.75 Å². The van der Waals surface area contributed by atoms with Crippen LogP contribution in [0.15, 0.2) is 96.4 Å². The lowest BCUT2D eigenvalue weighted by Gasteiger charge is -2.37. The average molecular weight is 518 g/mol. The van der Waals surface area contributed by atoms with Gasteiger partial charge in [0, 0.05) is 22.7 Å². The molecule has 0 bridgehead atoms. The van der Waals surface area contributed by atoms with Gasteiger partial charge in [0.05, 0.1) is 18.0 Å². The Balaban J connectivity index is 1.56. The molecule has 1 saturated heterocycles. The van der Waals surface area contributed by atoms with Crippen LogP contribution in [0.3, 0.4) is 0 Å². The summed E-state index contributed by atoms with van der Waals surface area (Å²) in [6, 6.07) is 24.6. The van der Waals surface area contributed by atoms with Crippen molar-refractivity contribution >= 4 is 40.4 Å². The number of benzene rings is 3. The number of hydrogen-bond donors (Lipinski definition) is 0. The topological polar surface area (TPSA) is 63.7 Å². The van der Waals surface area contributed by atoms with E-state index in [1.807, 2.05) is 83.1 Å². The number of Topliss-reactive ketones (excluding diaryl/α,β-unsaturated/α-hetero) is 3. The van der Waals surface area contributed by atoms with Gasteiger partial charge in [0.1, 0.15) is 17.2 Å². The number of nitrogens with zero attached hydrogens (tertiary/aromatic N) is 1. The van der Waals surface area contributed by atoms with Gasteiger partial charge in [-0.05, 0) is 40.8 Å². The zero-order valence-corrected chi connectivity index (χ0v) is 21.4. The molecule has 0 N–H and O–H groups in total. The molecule has 0 amide bonds. The Labute approximate surface area is 224 Å². The molecule has 3 aliphatic rings. The molecule has 2 aliphatic heterocycles. The monoisotopic (exact) mass is 517 g/mol. The highest BCUT2D eigenvalue weighted by Crippen LogP contribution is 2.61. The van der Waals surface area contributed by atoms with E-state index in [9.17, 15) is 14.4 Å². The molecule has 3 aromatic carbocycles. The van der Waals surface area contributed by atoms with Crippen LogP contribution in [0.1, 0.15) is 47.4 Å². The van der Waals surface area contributed by atoms with Gasteiger partial charge in [-0.15, -0.1) is 11.3 Å². The normalized spacial score (nSPS) is 22.3. The molecule has 1 fully saturated rings. The van der Waals surface area contributed by atoms with E-state index < -0.39 is 23.4 Å². The molecule has 6 heteroatoms. The maximum absolute atomic E-state index is 14.6. The predicted molar refractivity (Wildman–Crippen MR) is 147 cm³/mol. The lowest BCUT2D eigenvalue weighted by molar-refractivity contribution is 0.0666. The Hall–Kier alpha value is -4.29. The summed E-state index contributed by atoms with van der Waals surface area (Å²) in [6.07, 6.45) is 3.92. The van der Waals surface area contributed by atoms with Crippen LogP contribution in [-0.2, 0) is 0 Å². The number of para-hydroxylation sites is 1. The van der Waals surface area contributed by atoms with Crippen LogP contribution in [0.4, 0.5) is 5.69 Å². The second-order valence-corrected chi connectivity index (χ2v) is 10.8. The second kappa shape index (κ2) is 8.36. The summed E-state index contributed by atoms with van der Waals surface area (Å²) in [7, 11) is 1.59. The lowest BCUT2D eigenvalue weighted by atomic mass is 9.64. The summed E-state index contributed by atoms with van der Waals surface area (Å²) in [4.78, 5) is 46.2. The number of thiophene rings is 1. The third-order valence-corrected chi connectivity index (χ3v) is 9.08. The summed E-state index contributed by atoms with van der Waals surface area (Å²) in [5.74, 6) is -0.689. The molecular weight excluding hydrogens is 494 g/mol. The fraction of sp³-hybridized carbons (Fsp3) is 0.156. The van der Waals surface area contributed by atoms with E-state index in [0.717, 1.165) is 16.8 Å². The maximum atomic E-state index is 14.6. The minimum absolute atomic E-state index is 0.101. The Bertz CT molecular complexity index is 1620. The number of hydrogen-bond acceptors (Lipinski definition) is 6. The van der Waals surface area contributed by atoms with Crippen LogP contribution in [-0.4, -0.2) is 36.5 Å². The molecule has 0 radical (unpaired) electrons. The van der Waals surface area contributed by atoms with E-state index in [0.29, 0.717) is 21.8 Å². The summed E-state index contributed by atoms with van der Waals surface area (Å²) in [5, 5.41) is 1.88. The number of fused-ring (bicyclic) bond motifs is 5. The molecule has 4 aromatic rings. The van der Waals surface area contributed by atoms with Crippen molar-refractivity contribution in [3.05, 3.63) is 124 Å². The first-order valence-electron chi connectivity index (χ1n) is 12.5. The van der Waals surface area contributed by atoms with E-state index in [1.165, 1.54) is 11.3 Å². The molecule has 186 valence electrons. The molecule has 1 aromatic heterocycles. The summed E-state index contributed by atoms with van der Waals surface area (Å²) in [6.45, 7) is 0. The van der Waals surface area contributed by atoms with Crippen molar-refractivity contribution in [2.24, 2.45) is 5.41 Å². The molecule has 38 heavy (non-hydrogen) atoms. The Morgan fingerprint density at radius 3 is 2.34 bits per heavy atom. The van der Waals surface area contributed by atoms with Crippen LogP contribution in [0.2, 0.25) is 0 Å². The first kappa shape index (κ1) is 22.9. The highest BCUT2D eigenvalue weighted by molar-refractivity contribution is 7.12. The van der Waals surface area contributed by atoms with Gasteiger partial charge in [0.2, 0.25) is 0 Å².